The summed E-state index contributed by atoms with van der Waals surface area (Å²) in [7, 11) is 0. The molecule has 1 N–H and O–H groups in total. The van der Waals surface area contributed by atoms with Crippen LogP contribution in [-0.4, -0.2) is 50.9 Å². The Balaban J connectivity index is 1.20. The molecule has 1 aliphatic heterocycles. The maximum atomic E-state index is 5.92. The van der Waals surface area contributed by atoms with Gasteiger partial charge in [-0.15, -0.1) is 0 Å². The molecular formula is C27H32N2O2. The van der Waals surface area contributed by atoms with Crippen LogP contribution in [0.15, 0.2) is 78.9 Å². The SMILES string of the molecule is c1ccc(CNCCc2ccc(-c3ccc(OCCN4CCOCC4)cc3)cc2)cc1. The molecule has 0 aliphatic carbocycles. The minimum Gasteiger partial charge on any atom is -0.492 e. The van der Waals surface area contributed by atoms with Crippen LogP contribution in [0.2, 0.25) is 0 Å². The largest absolute Gasteiger partial charge is 0.492 e. The van der Waals surface area contributed by atoms with Crippen LogP contribution in [-0.2, 0) is 17.7 Å². The molecule has 3 aromatic rings. The molecule has 0 amide bonds. The van der Waals surface area contributed by atoms with Crippen LogP contribution < -0.4 is 10.1 Å². The minimum absolute atomic E-state index is 0.715. The van der Waals surface area contributed by atoms with E-state index in [1.165, 1.54) is 22.3 Å². The van der Waals surface area contributed by atoms with Crippen LogP contribution in [0.1, 0.15) is 11.1 Å². The van der Waals surface area contributed by atoms with Gasteiger partial charge in [-0.25, -0.2) is 0 Å². The first kappa shape index (κ1) is 21.6. The molecule has 4 nitrogen and oxygen atoms in total. The molecule has 4 heteroatoms. The van der Waals surface area contributed by atoms with Gasteiger partial charge in [-0.05, 0) is 47.4 Å². The molecule has 4 rings (SSSR count). The average molecular weight is 417 g/mol. The normalized spacial score (nSPS) is 14.5. The van der Waals surface area contributed by atoms with Crippen molar-refractivity contribution >= 4 is 0 Å². The van der Waals surface area contributed by atoms with Gasteiger partial charge in [0.25, 0.3) is 0 Å². The van der Waals surface area contributed by atoms with Gasteiger partial charge < -0.3 is 14.8 Å². The molecule has 0 spiro atoms. The average Bonchev–Trinajstić information content (AvgIpc) is 2.84. The van der Waals surface area contributed by atoms with Crippen molar-refractivity contribution in [3.05, 3.63) is 90.0 Å². The Bertz CT molecular complexity index is 889. The zero-order valence-corrected chi connectivity index (χ0v) is 18.1. The van der Waals surface area contributed by atoms with E-state index in [0.29, 0.717) is 6.61 Å². The Kier molecular flexibility index (Phi) is 8.11. The molecule has 1 aliphatic rings. The van der Waals surface area contributed by atoms with Crippen LogP contribution in [0.4, 0.5) is 0 Å². The second kappa shape index (κ2) is 11.7. The zero-order valence-electron chi connectivity index (χ0n) is 18.1. The number of benzene rings is 3. The third-order valence-corrected chi connectivity index (χ3v) is 5.68. The number of nitrogens with one attached hydrogen (secondary N) is 1. The highest BCUT2D eigenvalue weighted by atomic mass is 16.5. The van der Waals surface area contributed by atoms with Gasteiger partial charge in [0.05, 0.1) is 13.2 Å². The van der Waals surface area contributed by atoms with Crippen LogP contribution in [0, 0.1) is 0 Å². The molecule has 162 valence electrons. The molecule has 0 aromatic heterocycles. The van der Waals surface area contributed by atoms with Crippen molar-refractivity contribution in [1.29, 1.82) is 0 Å². The fourth-order valence-corrected chi connectivity index (χ4v) is 3.79. The minimum atomic E-state index is 0.715. The van der Waals surface area contributed by atoms with E-state index in [1.807, 2.05) is 0 Å². The summed E-state index contributed by atoms with van der Waals surface area (Å²) >= 11 is 0. The van der Waals surface area contributed by atoms with Crippen LogP contribution >= 0.6 is 0 Å². The van der Waals surface area contributed by atoms with Crippen molar-refractivity contribution < 1.29 is 9.47 Å². The van der Waals surface area contributed by atoms with Gasteiger partial charge in [-0.1, -0.05) is 66.7 Å². The smallest absolute Gasteiger partial charge is 0.119 e. The van der Waals surface area contributed by atoms with E-state index >= 15 is 0 Å². The number of hydrogen-bond acceptors (Lipinski definition) is 4. The lowest BCUT2D eigenvalue weighted by atomic mass is 10.0. The molecule has 31 heavy (non-hydrogen) atoms. The molecule has 0 atom stereocenters. The third kappa shape index (κ3) is 6.93. The Morgan fingerprint density at radius 3 is 2.16 bits per heavy atom. The Morgan fingerprint density at radius 2 is 1.45 bits per heavy atom. The van der Waals surface area contributed by atoms with Crippen molar-refractivity contribution in [1.82, 2.24) is 10.2 Å². The molecule has 3 aromatic carbocycles. The monoisotopic (exact) mass is 416 g/mol. The summed E-state index contributed by atoms with van der Waals surface area (Å²) in [6.45, 7) is 7.22. The first-order chi connectivity index (χ1) is 15.4. The number of ether oxygens (including phenoxy) is 2. The van der Waals surface area contributed by atoms with Crippen LogP contribution in [0.5, 0.6) is 5.75 Å². The zero-order chi connectivity index (χ0) is 21.1. The maximum Gasteiger partial charge on any atom is 0.119 e. The van der Waals surface area contributed by atoms with Gasteiger partial charge in [0, 0.05) is 26.2 Å². The molecule has 1 fully saturated rings. The molecule has 1 saturated heterocycles. The van der Waals surface area contributed by atoms with Gasteiger partial charge in [0.15, 0.2) is 0 Å². The van der Waals surface area contributed by atoms with Crippen molar-refractivity contribution in [2.45, 2.75) is 13.0 Å². The Hall–Kier alpha value is -2.66. The number of morpholine rings is 1. The molecule has 0 unspecified atom stereocenters. The Labute approximate surface area is 185 Å². The lowest BCUT2D eigenvalue weighted by Gasteiger charge is -2.26. The molecule has 0 radical (unpaired) electrons. The van der Waals surface area contributed by atoms with Gasteiger partial charge >= 0.3 is 0 Å². The van der Waals surface area contributed by atoms with E-state index in [1.54, 1.807) is 0 Å². The van der Waals surface area contributed by atoms with Gasteiger partial charge in [-0.3, -0.25) is 4.90 Å². The summed E-state index contributed by atoms with van der Waals surface area (Å²) in [6.07, 6.45) is 1.03. The second-order valence-electron chi connectivity index (χ2n) is 7.94. The maximum absolute atomic E-state index is 5.92. The number of nitrogens with zero attached hydrogens (tertiary/aromatic N) is 1. The van der Waals surface area contributed by atoms with Crippen molar-refractivity contribution in [2.24, 2.45) is 0 Å². The molecule has 1 heterocycles. The fourth-order valence-electron chi connectivity index (χ4n) is 3.79. The standard InChI is InChI=1S/C27H32N2O2/c1-2-4-24(5-3-1)22-28-15-14-23-6-8-25(9-7-23)26-10-12-27(13-11-26)31-21-18-29-16-19-30-20-17-29/h1-13,28H,14-22H2. The molecular weight excluding hydrogens is 384 g/mol. The summed E-state index contributed by atoms with van der Waals surface area (Å²) in [5.74, 6) is 0.929. The number of rotatable bonds is 10. The van der Waals surface area contributed by atoms with E-state index < -0.39 is 0 Å². The van der Waals surface area contributed by atoms with Gasteiger partial charge in [-0.2, -0.15) is 0 Å². The fraction of sp³-hybridized carbons (Fsp3) is 0.333. The highest BCUT2D eigenvalue weighted by molar-refractivity contribution is 5.64. The summed E-state index contributed by atoms with van der Waals surface area (Å²) < 4.78 is 11.3. The van der Waals surface area contributed by atoms with Crippen molar-refractivity contribution in [2.75, 3.05) is 46.0 Å². The van der Waals surface area contributed by atoms with E-state index in [4.69, 9.17) is 9.47 Å². The van der Waals surface area contributed by atoms with Crippen LogP contribution in [0.3, 0.4) is 0 Å². The highest BCUT2D eigenvalue weighted by Gasteiger charge is 2.09. The van der Waals surface area contributed by atoms with Gasteiger partial charge in [0.1, 0.15) is 12.4 Å². The summed E-state index contributed by atoms with van der Waals surface area (Å²) in [4.78, 5) is 2.39. The van der Waals surface area contributed by atoms with E-state index in [0.717, 1.165) is 58.1 Å². The topological polar surface area (TPSA) is 33.7 Å². The summed E-state index contributed by atoms with van der Waals surface area (Å²) in [5, 5.41) is 3.52. The highest BCUT2D eigenvalue weighted by Crippen LogP contribution is 2.23. The molecule has 0 saturated carbocycles. The summed E-state index contributed by atoms with van der Waals surface area (Å²) in [6, 6.07) is 27.8. The summed E-state index contributed by atoms with van der Waals surface area (Å²) in [5.41, 5.74) is 5.13. The van der Waals surface area contributed by atoms with Crippen molar-refractivity contribution in [3.8, 4) is 16.9 Å². The van der Waals surface area contributed by atoms with Crippen LogP contribution in [0.25, 0.3) is 11.1 Å². The Morgan fingerprint density at radius 1 is 0.774 bits per heavy atom. The first-order valence-electron chi connectivity index (χ1n) is 11.2. The first-order valence-corrected chi connectivity index (χ1v) is 11.2. The third-order valence-electron chi connectivity index (χ3n) is 5.68. The number of hydrogen-bond donors (Lipinski definition) is 1. The van der Waals surface area contributed by atoms with E-state index in [2.05, 4.69) is 89.1 Å². The van der Waals surface area contributed by atoms with E-state index in [9.17, 15) is 0 Å². The lowest BCUT2D eigenvalue weighted by Crippen LogP contribution is -2.38. The lowest BCUT2D eigenvalue weighted by molar-refractivity contribution is 0.0322. The molecule has 0 bridgehead atoms. The second-order valence-corrected chi connectivity index (χ2v) is 7.94. The van der Waals surface area contributed by atoms with Crippen molar-refractivity contribution in [3.63, 3.8) is 0 Å². The predicted molar refractivity (Wildman–Crippen MR) is 126 cm³/mol. The quantitative estimate of drug-likeness (QED) is 0.497. The van der Waals surface area contributed by atoms with E-state index in [-0.39, 0.29) is 0 Å². The van der Waals surface area contributed by atoms with Gasteiger partial charge in [0.2, 0.25) is 0 Å². The predicted octanol–water partition coefficient (Wildman–Crippen LogP) is 4.40.